The quantitative estimate of drug-likeness (QED) is 0.431. The van der Waals surface area contributed by atoms with Crippen molar-refractivity contribution in [2.24, 2.45) is 0 Å². The van der Waals surface area contributed by atoms with Gasteiger partial charge in [0.15, 0.2) is 0 Å². The van der Waals surface area contributed by atoms with Crippen molar-refractivity contribution in [3.05, 3.63) is 87.1 Å². The first-order valence-corrected chi connectivity index (χ1v) is 10.5. The number of carboxylic acids is 1. The zero-order valence-electron chi connectivity index (χ0n) is 16.5. The lowest BCUT2D eigenvalue weighted by Gasteiger charge is -2.14. The zero-order valence-corrected chi connectivity index (χ0v) is 18.1. The molecule has 0 aliphatic carbocycles. The molecule has 0 aliphatic heterocycles. The Morgan fingerprint density at radius 2 is 1.81 bits per heavy atom. The lowest BCUT2D eigenvalue weighted by atomic mass is 9.98. The van der Waals surface area contributed by atoms with E-state index in [2.05, 4.69) is 0 Å². The van der Waals surface area contributed by atoms with Crippen molar-refractivity contribution in [3.8, 4) is 11.1 Å². The Morgan fingerprint density at radius 3 is 2.39 bits per heavy atom. The number of aliphatic carboxylic acids is 1. The number of rotatable bonds is 7. The number of alkyl halides is 3. The van der Waals surface area contributed by atoms with Gasteiger partial charge in [0.1, 0.15) is 0 Å². The molecule has 0 aliphatic rings. The number of carbonyl (C=O) groups is 1. The number of carboxylic acid groups (broad SMARTS) is 1. The Kier molecular flexibility index (Phi) is 7.20. The monoisotopic (exact) mass is 465 g/mol. The summed E-state index contributed by atoms with van der Waals surface area (Å²) in [4.78, 5) is 13.5. The minimum Gasteiger partial charge on any atom is -0.480 e. The second kappa shape index (κ2) is 9.68. The highest BCUT2D eigenvalue weighted by atomic mass is 35.5. The highest BCUT2D eigenvalue weighted by molar-refractivity contribution is 7.17. The van der Waals surface area contributed by atoms with Gasteiger partial charge in [-0.1, -0.05) is 54.1 Å². The van der Waals surface area contributed by atoms with Crippen LogP contribution in [0.5, 0.6) is 0 Å². The summed E-state index contributed by atoms with van der Waals surface area (Å²) in [7, 11) is 1.71. The summed E-state index contributed by atoms with van der Waals surface area (Å²) >= 11 is 7.49. The highest BCUT2D eigenvalue weighted by Gasteiger charge is 2.30. The first-order valence-electron chi connectivity index (χ1n) is 9.28. The summed E-state index contributed by atoms with van der Waals surface area (Å²) in [6.45, 7) is 0.315. The van der Waals surface area contributed by atoms with E-state index in [1.54, 1.807) is 36.2 Å². The van der Waals surface area contributed by atoms with Gasteiger partial charge in [-0.25, -0.2) is 0 Å². The SMILES string of the molecule is CN(C/C=C(/c1ccc(-c2cccc(C(F)(F)F)c2)cc1)c1ccc(Cl)s1)CC(=O)O. The van der Waals surface area contributed by atoms with Crippen LogP contribution in [0.2, 0.25) is 4.34 Å². The van der Waals surface area contributed by atoms with Crippen LogP contribution in [0.1, 0.15) is 16.0 Å². The molecular formula is C23H19ClF3NO2S. The minimum atomic E-state index is -4.40. The molecule has 0 unspecified atom stereocenters. The summed E-state index contributed by atoms with van der Waals surface area (Å²) < 4.78 is 39.7. The fraction of sp³-hybridized carbons (Fsp3) is 0.174. The van der Waals surface area contributed by atoms with Crippen LogP contribution in [0.3, 0.4) is 0 Å². The number of benzene rings is 2. The number of thiophene rings is 1. The van der Waals surface area contributed by atoms with Crippen LogP contribution in [0.15, 0.2) is 66.7 Å². The smallest absolute Gasteiger partial charge is 0.416 e. The molecule has 0 atom stereocenters. The molecule has 0 spiro atoms. The van der Waals surface area contributed by atoms with Gasteiger partial charge in [-0.2, -0.15) is 13.2 Å². The third-order valence-electron chi connectivity index (χ3n) is 4.57. The van der Waals surface area contributed by atoms with Gasteiger partial charge in [0.2, 0.25) is 0 Å². The number of hydrogen-bond donors (Lipinski definition) is 1. The second-order valence-electron chi connectivity index (χ2n) is 6.97. The van der Waals surface area contributed by atoms with E-state index in [4.69, 9.17) is 16.7 Å². The second-order valence-corrected chi connectivity index (χ2v) is 8.68. The predicted molar refractivity (Wildman–Crippen MR) is 118 cm³/mol. The normalized spacial score (nSPS) is 12.4. The predicted octanol–water partition coefficient (Wildman–Crippen LogP) is 6.54. The molecule has 1 aromatic heterocycles. The van der Waals surface area contributed by atoms with Gasteiger partial charge in [0, 0.05) is 11.4 Å². The minimum absolute atomic E-state index is 0.0938. The van der Waals surface area contributed by atoms with Crippen LogP contribution in [-0.4, -0.2) is 36.1 Å². The Labute approximate surface area is 187 Å². The average Bonchev–Trinajstić information content (AvgIpc) is 3.13. The molecule has 8 heteroatoms. The summed E-state index contributed by atoms with van der Waals surface area (Å²) in [6.07, 6.45) is -2.48. The van der Waals surface area contributed by atoms with Gasteiger partial charge in [0.05, 0.1) is 16.4 Å². The number of likely N-dealkylation sites (N-methyl/N-ethyl adjacent to an activating group) is 1. The van der Waals surface area contributed by atoms with Gasteiger partial charge in [-0.05, 0) is 53.6 Å². The van der Waals surface area contributed by atoms with Crippen LogP contribution in [0, 0.1) is 0 Å². The Hall–Kier alpha value is -2.61. The molecule has 3 nitrogen and oxygen atoms in total. The van der Waals surface area contributed by atoms with Crippen molar-refractivity contribution in [1.82, 2.24) is 4.90 Å². The molecule has 0 amide bonds. The summed E-state index contributed by atoms with van der Waals surface area (Å²) in [5.41, 5.74) is 2.20. The standard InChI is InChI=1S/C23H19ClF3NO2S/c1-28(14-22(29)30)12-11-19(20-9-10-21(24)31-20)16-7-5-15(6-8-16)17-3-2-4-18(13-17)23(25,26)27/h2-11,13H,12,14H2,1H3,(H,29,30)/b19-11-. The largest absolute Gasteiger partial charge is 0.480 e. The molecule has 1 N–H and O–H groups in total. The maximum Gasteiger partial charge on any atom is 0.416 e. The topological polar surface area (TPSA) is 40.5 Å². The molecule has 3 aromatic rings. The lowest BCUT2D eigenvalue weighted by molar-refractivity contribution is -0.138. The molecule has 1 heterocycles. The first kappa shape index (κ1) is 23.1. The molecular weight excluding hydrogens is 447 g/mol. The van der Waals surface area contributed by atoms with Crippen molar-refractivity contribution in [2.45, 2.75) is 6.18 Å². The number of hydrogen-bond acceptors (Lipinski definition) is 3. The van der Waals surface area contributed by atoms with E-state index in [1.807, 2.05) is 24.3 Å². The van der Waals surface area contributed by atoms with Gasteiger partial charge in [-0.15, -0.1) is 11.3 Å². The number of halogens is 4. The van der Waals surface area contributed by atoms with Crippen LogP contribution in [0.4, 0.5) is 13.2 Å². The van der Waals surface area contributed by atoms with Gasteiger partial charge < -0.3 is 5.11 Å². The number of nitrogens with zero attached hydrogens (tertiary/aromatic N) is 1. The van der Waals surface area contributed by atoms with Crippen LogP contribution in [0.25, 0.3) is 16.7 Å². The molecule has 0 fully saturated rings. The molecule has 0 saturated carbocycles. The van der Waals surface area contributed by atoms with Crippen LogP contribution in [-0.2, 0) is 11.0 Å². The van der Waals surface area contributed by atoms with Crippen molar-refractivity contribution >= 4 is 34.5 Å². The van der Waals surface area contributed by atoms with E-state index in [9.17, 15) is 18.0 Å². The van der Waals surface area contributed by atoms with Crippen molar-refractivity contribution in [3.63, 3.8) is 0 Å². The van der Waals surface area contributed by atoms with Crippen LogP contribution >= 0.6 is 22.9 Å². The molecule has 2 aromatic carbocycles. The van der Waals surface area contributed by atoms with Gasteiger partial charge in [0.25, 0.3) is 0 Å². The third-order valence-corrected chi connectivity index (χ3v) is 5.83. The molecule has 0 saturated heterocycles. The van der Waals surface area contributed by atoms with Crippen molar-refractivity contribution in [1.29, 1.82) is 0 Å². The van der Waals surface area contributed by atoms with Crippen molar-refractivity contribution in [2.75, 3.05) is 20.1 Å². The maximum absolute atomic E-state index is 13.0. The van der Waals surface area contributed by atoms with E-state index < -0.39 is 17.7 Å². The summed E-state index contributed by atoms with van der Waals surface area (Å²) in [5.74, 6) is -0.915. The molecule has 0 radical (unpaired) electrons. The summed E-state index contributed by atoms with van der Waals surface area (Å²) in [6, 6.07) is 16.1. The molecule has 162 valence electrons. The van der Waals surface area contributed by atoms with Crippen molar-refractivity contribution < 1.29 is 23.1 Å². The third kappa shape index (κ3) is 6.19. The van der Waals surface area contributed by atoms with E-state index in [1.165, 1.54) is 17.4 Å². The average molecular weight is 466 g/mol. The molecule has 31 heavy (non-hydrogen) atoms. The summed E-state index contributed by atoms with van der Waals surface area (Å²) in [5, 5.41) is 8.95. The molecule has 0 bridgehead atoms. The highest BCUT2D eigenvalue weighted by Crippen LogP contribution is 2.35. The molecule has 3 rings (SSSR count). The van der Waals surface area contributed by atoms with Crippen LogP contribution < -0.4 is 0 Å². The fourth-order valence-electron chi connectivity index (χ4n) is 3.08. The van der Waals surface area contributed by atoms with E-state index in [0.29, 0.717) is 22.0 Å². The Balaban J connectivity index is 1.91. The lowest BCUT2D eigenvalue weighted by Crippen LogP contribution is -2.25. The zero-order chi connectivity index (χ0) is 22.6. The Morgan fingerprint density at radius 1 is 1.10 bits per heavy atom. The van der Waals surface area contributed by atoms with E-state index in [-0.39, 0.29) is 6.54 Å². The van der Waals surface area contributed by atoms with E-state index >= 15 is 0 Å². The first-order chi connectivity index (χ1) is 14.6. The Bertz CT molecular complexity index is 1090. The van der Waals surface area contributed by atoms with Gasteiger partial charge in [-0.3, -0.25) is 9.69 Å². The maximum atomic E-state index is 13.0. The fourth-order valence-corrected chi connectivity index (χ4v) is 4.19. The van der Waals surface area contributed by atoms with Gasteiger partial charge >= 0.3 is 12.1 Å². The van der Waals surface area contributed by atoms with E-state index in [0.717, 1.165) is 28.1 Å².